The number of carboxylic acid groups (broad SMARTS) is 1. The zero-order chi connectivity index (χ0) is 22.3. The predicted molar refractivity (Wildman–Crippen MR) is 114 cm³/mol. The summed E-state index contributed by atoms with van der Waals surface area (Å²) < 4.78 is 35.0. The molecule has 1 N–H and O–H groups in total. The Morgan fingerprint density at radius 1 is 1.13 bits per heavy atom. The van der Waals surface area contributed by atoms with Gasteiger partial charge in [-0.1, -0.05) is 12.5 Å². The predicted octanol–water partition coefficient (Wildman–Crippen LogP) is 2.89. The molecule has 4 rings (SSSR count). The SMILES string of the molecule is COc1ccc(-c2c(C(=O)O)nn3c(C)cc(C)nc23)cc1S(=O)(=O)N1CCCCC1. The van der Waals surface area contributed by atoms with Gasteiger partial charge in [0.2, 0.25) is 10.0 Å². The van der Waals surface area contributed by atoms with Crippen LogP contribution in [0.15, 0.2) is 29.2 Å². The van der Waals surface area contributed by atoms with Crippen LogP contribution in [0.5, 0.6) is 5.75 Å². The Bertz CT molecular complexity index is 1280. The molecule has 164 valence electrons. The molecule has 1 saturated heterocycles. The Labute approximate surface area is 180 Å². The van der Waals surface area contributed by atoms with Gasteiger partial charge in [-0.2, -0.15) is 9.40 Å². The molecule has 0 amide bonds. The maximum atomic E-state index is 13.4. The van der Waals surface area contributed by atoms with Crippen molar-refractivity contribution in [3.8, 4) is 16.9 Å². The van der Waals surface area contributed by atoms with Gasteiger partial charge in [0.25, 0.3) is 0 Å². The van der Waals surface area contributed by atoms with E-state index in [1.54, 1.807) is 18.2 Å². The van der Waals surface area contributed by atoms with E-state index in [-0.39, 0.29) is 21.9 Å². The average molecular weight is 445 g/mol. The normalized spacial score (nSPS) is 15.3. The number of carbonyl (C=O) groups is 1. The number of nitrogens with zero attached hydrogens (tertiary/aromatic N) is 4. The number of ether oxygens (including phenoxy) is 1. The van der Waals surface area contributed by atoms with Crippen molar-refractivity contribution in [2.75, 3.05) is 20.2 Å². The van der Waals surface area contributed by atoms with Crippen molar-refractivity contribution in [2.45, 2.75) is 38.0 Å². The lowest BCUT2D eigenvalue weighted by molar-refractivity contribution is 0.0691. The summed E-state index contributed by atoms with van der Waals surface area (Å²) in [5, 5.41) is 14.0. The van der Waals surface area contributed by atoms with Gasteiger partial charge in [-0.15, -0.1) is 0 Å². The summed E-state index contributed by atoms with van der Waals surface area (Å²) in [4.78, 5) is 16.5. The summed E-state index contributed by atoms with van der Waals surface area (Å²) in [7, 11) is -2.39. The Kier molecular flexibility index (Phi) is 5.44. The summed E-state index contributed by atoms with van der Waals surface area (Å²) in [5.74, 6) is -1.00. The first-order valence-corrected chi connectivity index (χ1v) is 11.5. The van der Waals surface area contributed by atoms with Crippen LogP contribution in [0.2, 0.25) is 0 Å². The Hall–Kier alpha value is -2.98. The second-order valence-electron chi connectivity index (χ2n) is 7.63. The summed E-state index contributed by atoms with van der Waals surface area (Å²) in [6.07, 6.45) is 2.61. The summed E-state index contributed by atoms with van der Waals surface area (Å²) in [5.41, 5.74) is 2.29. The number of aromatic nitrogens is 3. The molecule has 1 aromatic carbocycles. The van der Waals surface area contributed by atoms with E-state index in [2.05, 4.69) is 10.1 Å². The third-order valence-electron chi connectivity index (χ3n) is 5.48. The molecule has 0 radical (unpaired) electrons. The molecular formula is C21H24N4O5S. The number of methoxy groups -OCH3 is 1. The number of aromatic carboxylic acids is 1. The quantitative estimate of drug-likeness (QED) is 0.643. The van der Waals surface area contributed by atoms with Crippen LogP contribution >= 0.6 is 0 Å². The highest BCUT2D eigenvalue weighted by Gasteiger charge is 2.31. The van der Waals surface area contributed by atoms with Gasteiger partial charge >= 0.3 is 5.97 Å². The van der Waals surface area contributed by atoms with E-state index < -0.39 is 16.0 Å². The van der Waals surface area contributed by atoms with Gasteiger partial charge in [0.05, 0.1) is 12.7 Å². The number of fused-ring (bicyclic) bond motifs is 1. The van der Waals surface area contributed by atoms with E-state index >= 15 is 0 Å². The smallest absolute Gasteiger partial charge is 0.357 e. The van der Waals surface area contributed by atoms with Gasteiger partial charge in [-0.25, -0.2) is 22.7 Å². The third kappa shape index (κ3) is 3.66. The lowest BCUT2D eigenvalue weighted by Crippen LogP contribution is -2.35. The van der Waals surface area contributed by atoms with E-state index in [1.165, 1.54) is 22.0 Å². The van der Waals surface area contributed by atoms with Crippen molar-refractivity contribution >= 4 is 21.6 Å². The molecule has 0 saturated carbocycles. The van der Waals surface area contributed by atoms with Crippen LogP contribution in [-0.4, -0.2) is 58.6 Å². The van der Waals surface area contributed by atoms with E-state index in [9.17, 15) is 18.3 Å². The summed E-state index contributed by atoms with van der Waals surface area (Å²) >= 11 is 0. The zero-order valence-electron chi connectivity index (χ0n) is 17.6. The van der Waals surface area contributed by atoms with E-state index in [4.69, 9.17) is 4.74 Å². The van der Waals surface area contributed by atoms with Crippen LogP contribution in [0.1, 0.15) is 41.1 Å². The molecule has 10 heteroatoms. The fourth-order valence-electron chi connectivity index (χ4n) is 4.01. The molecule has 2 aromatic heterocycles. The molecule has 0 unspecified atom stereocenters. The maximum absolute atomic E-state index is 13.4. The standard InChI is InChI=1S/C21H24N4O5S/c1-13-11-14(2)25-20(22-13)18(19(23-25)21(26)27)15-7-8-16(30-3)17(12-15)31(28,29)24-9-5-4-6-10-24/h7-8,11-12H,4-6,9-10H2,1-3H3,(H,26,27). The van der Waals surface area contributed by atoms with Crippen molar-refractivity contribution in [3.63, 3.8) is 0 Å². The number of hydrogen-bond acceptors (Lipinski definition) is 6. The van der Waals surface area contributed by atoms with Gasteiger partial charge in [0.15, 0.2) is 11.3 Å². The Morgan fingerprint density at radius 2 is 1.84 bits per heavy atom. The number of sulfonamides is 1. The first kappa shape index (κ1) is 21.3. The highest BCUT2D eigenvalue weighted by Crippen LogP contribution is 2.35. The van der Waals surface area contributed by atoms with Crippen LogP contribution in [0.25, 0.3) is 16.8 Å². The average Bonchev–Trinajstić information content (AvgIpc) is 3.14. The molecule has 3 aromatic rings. The van der Waals surface area contributed by atoms with Gasteiger partial charge in [0.1, 0.15) is 10.6 Å². The lowest BCUT2D eigenvalue weighted by atomic mass is 10.1. The van der Waals surface area contributed by atoms with Crippen LogP contribution in [0.4, 0.5) is 0 Å². The lowest BCUT2D eigenvalue weighted by Gasteiger charge is -2.26. The van der Waals surface area contributed by atoms with Crippen molar-refractivity contribution in [1.82, 2.24) is 18.9 Å². The highest BCUT2D eigenvalue weighted by molar-refractivity contribution is 7.89. The highest BCUT2D eigenvalue weighted by atomic mass is 32.2. The molecule has 0 bridgehead atoms. The van der Waals surface area contributed by atoms with Gasteiger partial charge in [0, 0.05) is 24.5 Å². The minimum Gasteiger partial charge on any atom is -0.495 e. The molecule has 1 aliphatic rings. The minimum absolute atomic E-state index is 0.00876. The van der Waals surface area contributed by atoms with Gasteiger partial charge < -0.3 is 9.84 Å². The van der Waals surface area contributed by atoms with Gasteiger partial charge in [-0.3, -0.25) is 0 Å². The molecule has 31 heavy (non-hydrogen) atoms. The topological polar surface area (TPSA) is 114 Å². The minimum atomic E-state index is -3.81. The van der Waals surface area contributed by atoms with Crippen LogP contribution < -0.4 is 4.74 Å². The van der Waals surface area contributed by atoms with E-state index in [0.717, 1.165) is 25.0 Å². The number of piperidine rings is 1. The Morgan fingerprint density at radius 3 is 2.48 bits per heavy atom. The molecule has 0 aliphatic carbocycles. The summed E-state index contributed by atoms with van der Waals surface area (Å²) in [6.45, 7) is 4.52. The van der Waals surface area contributed by atoms with E-state index in [0.29, 0.717) is 30.0 Å². The van der Waals surface area contributed by atoms with Crippen molar-refractivity contribution in [3.05, 3.63) is 41.3 Å². The molecule has 1 aliphatic heterocycles. The third-order valence-corrected chi connectivity index (χ3v) is 7.40. The largest absolute Gasteiger partial charge is 0.495 e. The fourth-order valence-corrected chi connectivity index (χ4v) is 5.71. The maximum Gasteiger partial charge on any atom is 0.357 e. The molecule has 9 nitrogen and oxygen atoms in total. The van der Waals surface area contributed by atoms with Crippen molar-refractivity contribution in [2.24, 2.45) is 0 Å². The fraction of sp³-hybridized carbons (Fsp3) is 0.381. The molecular weight excluding hydrogens is 420 g/mol. The van der Waals surface area contributed by atoms with E-state index in [1.807, 2.05) is 13.8 Å². The zero-order valence-corrected chi connectivity index (χ0v) is 18.4. The number of carboxylic acids is 1. The number of rotatable bonds is 5. The van der Waals surface area contributed by atoms with Crippen LogP contribution in [-0.2, 0) is 10.0 Å². The number of aryl methyl sites for hydroxylation is 2. The molecule has 3 heterocycles. The van der Waals surface area contributed by atoms with Gasteiger partial charge in [-0.05, 0) is 50.5 Å². The van der Waals surface area contributed by atoms with Crippen molar-refractivity contribution < 1.29 is 23.1 Å². The summed E-state index contributed by atoms with van der Waals surface area (Å²) in [6, 6.07) is 6.45. The first-order valence-electron chi connectivity index (χ1n) is 10.0. The van der Waals surface area contributed by atoms with Crippen LogP contribution in [0.3, 0.4) is 0 Å². The Balaban J connectivity index is 1.96. The van der Waals surface area contributed by atoms with Crippen molar-refractivity contribution in [1.29, 1.82) is 0 Å². The second-order valence-corrected chi connectivity index (χ2v) is 9.54. The molecule has 1 fully saturated rings. The van der Waals surface area contributed by atoms with Crippen LogP contribution in [0, 0.1) is 13.8 Å². The monoisotopic (exact) mass is 444 g/mol. The molecule has 0 atom stereocenters. The molecule has 0 spiro atoms. The second kappa shape index (κ2) is 7.93. The number of hydrogen-bond donors (Lipinski definition) is 1. The number of benzene rings is 1. The first-order chi connectivity index (χ1) is 14.7.